The molecule has 0 saturated carbocycles. The third-order valence-corrected chi connectivity index (χ3v) is 4.71. The second-order valence-corrected chi connectivity index (χ2v) is 6.73. The van der Waals surface area contributed by atoms with E-state index in [1.807, 2.05) is 16.8 Å². The maximum Gasteiger partial charge on any atom is 0.0968 e. The van der Waals surface area contributed by atoms with Gasteiger partial charge in [0.05, 0.1) is 18.3 Å². The van der Waals surface area contributed by atoms with Gasteiger partial charge in [0.2, 0.25) is 0 Å². The van der Waals surface area contributed by atoms with Gasteiger partial charge in [-0.3, -0.25) is 9.58 Å². The molecule has 0 unspecified atom stereocenters. The largest absolute Gasteiger partial charge is 0.392 e. The van der Waals surface area contributed by atoms with Gasteiger partial charge in [-0.05, 0) is 12.0 Å². The quantitative estimate of drug-likeness (QED) is 0.780. The third kappa shape index (κ3) is 3.81. The summed E-state index contributed by atoms with van der Waals surface area (Å²) >= 11 is 0. The van der Waals surface area contributed by atoms with Crippen LogP contribution in [-0.2, 0) is 13.1 Å². The highest BCUT2D eigenvalue weighted by Gasteiger charge is 2.22. The standard InChI is InChI=1S/C21H23N3O/c25-20-11-12-23(16-20)14-19-15-24(13-17-7-3-1-4-8-17)22-21(19)18-9-5-2-6-10-18/h1-10,15,20,25H,11-14,16H2/t20-/m1/s1. The fourth-order valence-electron chi connectivity index (χ4n) is 3.47. The molecule has 3 aromatic rings. The van der Waals surface area contributed by atoms with E-state index in [4.69, 9.17) is 5.10 Å². The molecular formula is C21H23N3O. The Balaban J connectivity index is 1.63. The molecule has 128 valence electrons. The maximum atomic E-state index is 9.80. The van der Waals surface area contributed by atoms with E-state index in [-0.39, 0.29) is 6.10 Å². The molecule has 1 atom stereocenters. The number of rotatable bonds is 5. The molecule has 1 saturated heterocycles. The van der Waals surface area contributed by atoms with Gasteiger partial charge >= 0.3 is 0 Å². The fraction of sp³-hybridized carbons (Fsp3) is 0.286. The van der Waals surface area contributed by atoms with Crippen molar-refractivity contribution in [2.24, 2.45) is 0 Å². The van der Waals surface area contributed by atoms with Crippen molar-refractivity contribution in [1.29, 1.82) is 0 Å². The monoisotopic (exact) mass is 333 g/mol. The molecule has 0 aliphatic carbocycles. The number of aromatic nitrogens is 2. The van der Waals surface area contributed by atoms with E-state index in [0.717, 1.165) is 43.9 Å². The Labute approximate surface area is 148 Å². The van der Waals surface area contributed by atoms with Gasteiger partial charge in [-0.1, -0.05) is 60.7 Å². The number of aliphatic hydroxyl groups is 1. The molecular weight excluding hydrogens is 310 g/mol. The Hall–Kier alpha value is -2.43. The van der Waals surface area contributed by atoms with Gasteiger partial charge < -0.3 is 5.11 Å². The Morgan fingerprint density at radius 3 is 2.36 bits per heavy atom. The minimum atomic E-state index is -0.195. The lowest BCUT2D eigenvalue weighted by Gasteiger charge is -2.14. The molecule has 4 heteroatoms. The molecule has 0 amide bonds. The van der Waals surface area contributed by atoms with Crippen LogP contribution in [0.2, 0.25) is 0 Å². The van der Waals surface area contributed by atoms with E-state index in [2.05, 4.69) is 59.6 Å². The average Bonchev–Trinajstić information content (AvgIpc) is 3.23. The van der Waals surface area contributed by atoms with Gasteiger partial charge in [-0.15, -0.1) is 0 Å². The second kappa shape index (κ2) is 7.21. The molecule has 4 rings (SSSR count). The lowest BCUT2D eigenvalue weighted by atomic mass is 10.1. The van der Waals surface area contributed by atoms with Crippen LogP contribution in [0.1, 0.15) is 17.5 Å². The molecule has 0 bridgehead atoms. The van der Waals surface area contributed by atoms with Gasteiger partial charge in [-0.25, -0.2) is 0 Å². The molecule has 1 aliphatic rings. The second-order valence-electron chi connectivity index (χ2n) is 6.73. The molecule has 1 N–H and O–H groups in total. The van der Waals surface area contributed by atoms with Crippen LogP contribution in [-0.4, -0.2) is 39.0 Å². The van der Waals surface area contributed by atoms with E-state index in [9.17, 15) is 5.11 Å². The SMILES string of the molecule is O[C@@H]1CCN(Cc2cn(Cc3ccccc3)nc2-c2ccccc2)C1. The fourth-order valence-corrected chi connectivity index (χ4v) is 3.47. The van der Waals surface area contributed by atoms with Gasteiger partial charge in [0.1, 0.15) is 0 Å². The van der Waals surface area contributed by atoms with Crippen LogP contribution in [0.25, 0.3) is 11.3 Å². The Kier molecular flexibility index (Phi) is 4.63. The number of hydrogen-bond acceptors (Lipinski definition) is 3. The molecule has 0 radical (unpaired) electrons. The van der Waals surface area contributed by atoms with Crippen molar-refractivity contribution in [1.82, 2.24) is 14.7 Å². The van der Waals surface area contributed by atoms with Crippen molar-refractivity contribution in [2.75, 3.05) is 13.1 Å². The lowest BCUT2D eigenvalue weighted by molar-refractivity contribution is 0.175. The van der Waals surface area contributed by atoms with Crippen molar-refractivity contribution in [2.45, 2.75) is 25.6 Å². The third-order valence-electron chi connectivity index (χ3n) is 4.71. The summed E-state index contributed by atoms with van der Waals surface area (Å²) in [6.45, 7) is 3.29. The normalized spacial score (nSPS) is 17.9. The van der Waals surface area contributed by atoms with Crippen molar-refractivity contribution in [3.8, 4) is 11.3 Å². The Bertz CT molecular complexity index is 814. The molecule has 4 nitrogen and oxygen atoms in total. The lowest BCUT2D eigenvalue weighted by Crippen LogP contribution is -2.21. The van der Waals surface area contributed by atoms with Crippen LogP contribution in [0, 0.1) is 0 Å². The summed E-state index contributed by atoms with van der Waals surface area (Å²) in [4.78, 5) is 2.31. The molecule has 1 aromatic heterocycles. The summed E-state index contributed by atoms with van der Waals surface area (Å²) in [7, 11) is 0. The molecule has 1 fully saturated rings. The zero-order valence-corrected chi connectivity index (χ0v) is 14.3. The van der Waals surface area contributed by atoms with Crippen molar-refractivity contribution >= 4 is 0 Å². The molecule has 2 aromatic carbocycles. The highest BCUT2D eigenvalue weighted by Crippen LogP contribution is 2.25. The summed E-state index contributed by atoms with van der Waals surface area (Å²) < 4.78 is 2.03. The van der Waals surface area contributed by atoms with E-state index < -0.39 is 0 Å². The first kappa shape index (κ1) is 16.1. The Morgan fingerprint density at radius 1 is 0.960 bits per heavy atom. The van der Waals surface area contributed by atoms with E-state index in [1.54, 1.807) is 0 Å². The smallest absolute Gasteiger partial charge is 0.0968 e. The highest BCUT2D eigenvalue weighted by molar-refractivity contribution is 5.62. The van der Waals surface area contributed by atoms with Crippen LogP contribution < -0.4 is 0 Å². The number of likely N-dealkylation sites (tertiary alicyclic amines) is 1. The molecule has 2 heterocycles. The summed E-state index contributed by atoms with van der Waals surface area (Å²) in [6, 6.07) is 20.7. The predicted octanol–water partition coefficient (Wildman–Crippen LogP) is 3.17. The van der Waals surface area contributed by atoms with Gasteiger partial charge in [-0.2, -0.15) is 5.10 Å². The summed E-state index contributed by atoms with van der Waals surface area (Å²) in [5.41, 5.74) is 4.64. The first-order valence-corrected chi connectivity index (χ1v) is 8.84. The predicted molar refractivity (Wildman–Crippen MR) is 99.1 cm³/mol. The number of benzene rings is 2. The van der Waals surface area contributed by atoms with E-state index in [0.29, 0.717) is 0 Å². The van der Waals surface area contributed by atoms with Gasteiger partial charge in [0.15, 0.2) is 0 Å². The van der Waals surface area contributed by atoms with Gasteiger partial charge in [0.25, 0.3) is 0 Å². The molecule has 25 heavy (non-hydrogen) atoms. The number of hydrogen-bond donors (Lipinski definition) is 1. The minimum absolute atomic E-state index is 0.195. The number of aliphatic hydroxyl groups excluding tert-OH is 1. The number of nitrogens with zero attached hydrogens (tertiary/aromatic N) is 3. The van der Waals surface area contributed by atoms with Crippen LogP contribution >= 0.6 is 0 Å². The van der Waals surface area contributed by atoms with Crippen LogP contribution in [0.3, 0.4) is 0 Å². The highest BCUT2D eigenvalue weighted by atomic mass is 16.3. The molecule has 0 spiro atoms. The van der Waals surface area contributed by atoms with Crippen molar-refractivity contribution in [3.63, 3.8) is 0 Å². The summed E-state index contributed by atoms with van der Waals surface area (Å²) in [6.07, 6.45) is 2.82. The summed E-state index contributed by atoms with van der Waals surface area (Å²) in [5, 5.41) is 14.7. The maximum absolute atomic E-state index is 9.80. The summed E-state index contributed by atoms with van der Waals surface area (Å²) in [5.74, 6) is 0. The van der Waals surface area contributed by atoms with Crippen LogP contribution in [0.5, 0.6) is 0 Å². The van der Waals surface area contributed by atoms with Gasteiger partial charge in [0, 0.05) is 37.0 Å². The number of β-amino-alcohol motifs (C(OH)–C–C–N with tert-alkyl or cyclic N) is 1. The van der Waals surface area contributed by atoms with E-state index >= 15 is 0 Å². The zero-order chi connectivity index (χ0) is 17.1. The molecule has 1 aliphatic heterocycles. The van der Waals surface area contributed by atoms with Crippen molar-refractivity contribution in [3.05, 3.63) is 78.0 Å². The average molecular weight is 333 g/mol. The first-order chi connectivity index (χ1) is 12.3. The Morgan fingerprint density at radius 2 is 1.68 bits per heavy atom. The van der Waals surface area contributed by atoms with Crippen LogP contribution in [0.4, 0.5) is 0 Å². The van der Waals surface area contributed by atoms with Crippen molar-refractivity contribution < 1.29 is 5.11 Å². The topological polar surface area (TPSA) is 41.3 Å². The zero-order valence-electron chi connectivity index (χ0n) is 14.3. The van der Waals surface area contributed by atoms with E-state index in [1.165, 1.54) is 11.1 Å². The minimum Gasteiger partial charge on any atom is -0.392 e. The first-order valence-electron chi connectivity index (χ1n) is 8.84. The van der Waals surface area contributed by atoms with Crippen LogP contribution in [0.15, 0.2) is 66.9 Å².